The summed E-state index contributed by atoms with van der Waals surface area (Å²) in [6, 6.07) is 4.40. The van der Waals surface area contributed by atoms with Crippen molar-refractivity contribution in [2.75, 3.05) is 13.1 Å². The molecule has 0 aliphatic rings. The molecule has 6 heteroatoms. The van der Waals surface area contributed by atoms with Crippen LogP contribution in [0.5, 0.6) is 0 Å². The van der Waals surface area contributed by atoms with E-state index in [1.165, 1.54) is 11.0 Å². The second-order valence-electron chi connectivity index (χ2n) is 4.73. The fourth-order valence-corrected chi connectivity index (χ4v) is 1.79. The molecule has 0 saturated heterocycles. The molecule has 1 amide bonds. The monoisotopic (exact) mass is 281 g/mol. The van der Waals surface area contributed by atoms with Crippen molar-refractivity contribution >= 4 is 11.7 Å². The number of aryl methyl sites for hydroxylation is 1. The molecule has 110 valence electrons. The number of halogens is 1. The molecule has 0 saturated carbocycles. The average molecular weight is 281 g/mol. The number of benzene rings is 1. The van der Waals surface area contributed by atoms with Crippen LogP contribution in [0.25, 0.3) is 0 Å². The molecule has 0 bridgehead atoms. The van der Waals surface area contributed by atoms with Crippen LogP contribution in [0.4, 0.5) is 4.39 Å². The Labute approximate surface area is 117 Å². The Balaban J connectivity index is 2.89. The van der Waals surface area contributed by atoms with Crippen molar-refractivity contribution in [3.63, 3.8) is 0 Å². The molecule has 0 spiro atoms. The molecule has 0 fully saturated rings. The van der Waals surface area contributed by atoms with Crippen LogP contribution < -0.4 is 5.73 Å². The Morgan fingerprint density at radius 1 is 1.55 bits per heavy atom. The topological polar surface area (TPSA) is 78.9 Å². The molecular formula is C14H20FN3O2. The van der Waals surface area contributed by atoms with E-state index in [2.05, 4.69) is 5.16 Å². The standard InChI is InChI=1S/C14H20FN3O2/c1-4-18(8-10(3)13(16)17-20)14(19)11-6-5-9(2)12(15)7-11/h5-7,10,20H,4,8H2,1-3H3,(H2,16,17). The van der Waals surface area contributed by atoms with Gasteiger partial charge >= 0.3 is 0 Å². The maximum absolute atomic E-state index is 13.5. The third-order valence-corrected chi connectivity index (χ3v) is 3.20. The summed E-state index contributed by atoms with van der Waals surface area (Å²) in [6.07, 6.45) is 0. The van der Waals surface area contributed by atoms with E-state index in [-0.39, 0.29) is 17.7 Å². The van der Waals surface area contributed by atoms with Crippen LogP contribution in [0.3, 0.4) is 0 Å². The lowest BCUT2D eigenvalue weighted by Gasteiger charge is -2.24. The van der Waals surface area contributed by atoms with Crippen molar-refractivity contribution in [1.29, 1.82) is 0 Å². The maximum Gasteiger partial charge on any atom is 0.253 e. The largest absolute Gasteiger partial charge is 0.409 e. The predicted octanol–water partition coefficient (Wildman–Crippen LogP) is 1.98. The Morgan fingerprint density at radius 2 is 2.20 bits per heavy atom. The molecule has 1 rings (SSSR count). The van der Waals surface area contributed by atoms with Crippen molar-refractivity contribution in [3.05, 3.63) is 35.1 Å². The Hall–Kier alpha value is -2.11. The predicted molar refractivity (Wildman–Crippen MR) is 75.3 cm³/mol. The second-order valence-corrected chi connectivity index (χ2v) is 4.73. The highest BCUT2D eigenvalue weighted by molar-refractivity contribution is 5.94. The summed E-state index contributed by atoms with van der Waals surface area (Å²) in [5.74, 6) is -0.897. The van der Waals surface area contributed by atoms with Gasteiger partial charge < -0.3 is 15.8 Å². The number of rotatable bonds is 5. The first-order valence-electron chi connectivity index (χ1n) is 6.43. The third kappa shape index (κ3) is 3.69. The lowest BCUT2D eigenvalue weighted by Crippen LogP contribution is -2.38. The zero-order valence-corrected chi connectivity index (χ0v) is 11.9. The number of amidine groups is 1. The molecule has 20 heavy (non-hydrogen) atoms. The van der Waals surface area contributed by atoms with Gasteiger partial charge in [0.2, 0.25) is 0 Å². The first-order valence-corrected chi connectivity index (χ1v) is 6.43. The van der Waals surface area contributed by atoms with Crippen molar-refractivity contribution < 1.29 is 14.4 Å². The molecule has 0 aromatic heterocycles. The minimum Gasteiger partial charge on any atom is -0.409 e. The van der Waals surface area contributed by atoms with Crippen molar-refractivity contribution in [2.45, 2.75) is 20.8 Å². The van der Waals surface area contributed by atoms with Crippen molar-refractivity contribution in [3.8, 4) is 0 Å². The summed E-state index contributed by atoms with van der Waals surface area (Å²) < 4.78 is 13.5. The number of amides is 1. The Kier molecular flexibility index (Phi) is 5.49. The Bertz CT molecular complexity index is 517. The molecule has 0 radical (unpaired) electrons. The van der Waals surface area contributed by atoms with Gasteiger partial charge in [0.05, 0.1) is 0 Å². The lowest BCUT2D eigenvalue weighted by atomic mass is 10.1. The highest BCUT2D eigenvalue weighted by atomic mass is 19.1. The summed E-state index contributed by atoms with van der Waals surface area (Å²) in [5, 5.41) is 11.6. The summed E-state index contributed by atoms with van der Waals surface area (Å²) in [6.45, 7) is 5.97. The van der Waals surface area contributed by atoms with Crippen molar-refractivity contribution in [1.82, 2.24) is 4.90 Å². The number of oxime groups is 1. The van der Waals surface area contributed by atoms with Crippen LogP contribution >= 0.6 is 0 Å². The number of hydrogen-bond acceptors (Lipinski definition) is 3. The molecule has 1 atom stereocenters. The van der Waals surface area contributed by atoms with Gasteiger partial charge in [-0.15, -0.1) is 0 Å². The lowest BCUT2D eigenvalue weighted by molar-refractivity contribution is 0.0753. The van der Waals surface area contributed by atoms with Crippen LogP contribution in [-0.4, -0.2) is 34.9 Å². The van der Waals surface area contributed by atoms with Gasteiger partial charge in [-0.25, -0.2) is 4.39 Å². The molecule has 0 heterocycles. The van der Waals surface area contributed by atoms with Crippen LogP contribution in [0.15, 0.2) is 23.4 Å². The molecule has 1 aromatic rings. The van der Waals surface area contributed by atoms with Gasteiger partial charge in [0, 0.05) is 24.6 Å². The summed E-state index contributed by atoms with van der Waals surface area (Å²) >= 11 is 0. The molecule has 0 aliphatic heterocycles. The SMILES string of the molecule is CCN(CC(C)C(N)=NO)C(=O)c1ccc(C)c(F)c1. The summed E-state index contributed by atoms with van der Waals surface area (Å²) in [5.41, 5.74) is 6.29. The molecule has 1 aromatic carbocycles. The highest BCUT2D eigenvalue weighted by Crippen LogP contribution is 2.12. The highest BCUT2D eigenvalue weighted by Gasteiger charge is 2.19. The van der Waals surface area contributed by atoms with E-state index in [4.69, 9.17) is 10.9 Å². The minimum atomic E-state index is -0.406. The first-order chi connectivity index (χ1) is 9.40. The van der Waals surface area contributed by atoms with E-state index in [1.807, 2.05) is 6.92 Å². The number of carbonyl (C=O) groups excluding carboxylic acids is 1. The van der Waals surface area contributed by atoms with E-state index in [9.17, 15) is 9.18 Å². The fraction of sp³-hybridized carbons (Fsp3) is 0.429. The zero-order valence-electron chi connectivity index (χ0n) is 11.9. The fourth-order valence-electron chi connectivity index (χ4n) is 1.79. The van der Waals surface area contributed by atoms with Crippen LogP contribution in [-0.2, 0) is 0 Å². The van der Waals surface area contributed by atoms with E-state index < -0.39 is 5.82 Å². The normalized spacial score (nSPS) is 13.1. The summed E-state index contributed by atoms with van der Waals surface area (Å²) in [4.78, 5) is 13.8. The van der Waals surface area contributed by atoms with E-state index in [1.54, 1.807) is 26.0 Å². The van der Waals surface area contributed by atoms with Gasteiger partial charge in [-0.05, 0) is 31.5 Å². The third-order valence-electron chi connectivity index (χ3n) is 3.20. The van der Waals surface area contributed by atoms with Crippen molar-refractivity contribution in [2.24, 2.45) is 16.8 Å². The molecule has 5 nitrogen and oxygen atoms in total. The minimum absolute atomic E-state index is 0.0614. The van der Waals surface area contributed by atoms with Gasteiger partial charge in [-0.1, -0.05) is 18.1 Å². The van der Waals surface area contributed by atoms with Gasteiger partial charge in [0.15, 0.2) is 0 Å². The maximum atomic E-state index is 13.5. The first kappa shape index (κ1) is 15.9. The van der Waals surface area contributed by atoms with Gasteiger partial charge in [-0.3, -0.25) is 4.79 Å². The van der Waals surface area contributed by atoms with Crippen LogP contribution in [0.2, 0.25) is 0 Å². The smallest absolute Gasteiger partial charge is 0.253 e. The second kappa shape index (κ2) is 6.88. The number of nitrogens with two attached hydrogens (primary N) is 1. The molecular weight excluding hydrogens is 261 g/mol. The number of carbonyl (C=O) groups is 1. The van der Waals surface area contributed by atoms with E-state index in [0.717, 1.165) is 0 Å². The molecule has 1 unspecified atom stereocenters. The summed E-state index contributed by atoms with van der Waals surface area (Å²) in [7, 11) is 0. The number of hydrogen-bond donors (Lipinski definition) is 2. The van der Waals surface area contributed by atoms with E-state index >= 15 is 0 Å². The van der Waals surface area contributed by atoms with Crippen LogP contribution in [0, 0.1) is 18.7 Å². The quantitative estimate of drug-likeness (QED) is 0.375. The van der Waals surface area contributed by atoms with E-state index in [0.29, 0.717) is 24.2 Å². The van der Waals surface area contributed by atoms with Gasteiger partial charge in [0.25, 0.3) is 5.91 Å². The molecule has 0 aliphatic carbocycles. The average Bonchev–Trinajstić information content (AvgIpc) is 2.45. The van der Waals surface area contributed by atoms with Crippen LogP contribution in [0.1, 0.15) is 29.8 Å². The molecule has 3 N–H and O–H groups in total. The van der Waals surface area contributed by atoms with Gasteiger partial charge in [-0.2, -0.15) is 0 Å². The Morgan fingerprint density at radius 3 is 2.70 bits per heavy atom. The number of nitrogens with zero attached hydrogens (tertiary/aromatic N) is 2. The zero-order chi connectivity index (χ0) is 15.3. The van der Waals surface area contributed by atoms with Gasteiger partial charge in [0.1, 0.15) is 11.7 Å².